The van der Waals surface area contributed by atoms with E-state index in [0.29, 0.717) is 11.3 Å². The van der Waals surface area contributed by atoms with E-state index in [9.17, 15) is 23.9 Å². The van der Waals surface area contributed by atoms with Crippen LogP contribution in [0.4, 0.5) is 20.6 Å². The number of fused-ring (bicyclic) bond motifs is 1. The van der Waals surface area contributed by atoms with E-state index in [1.54, 1.807) is 11.3 Å². The molecule has 9 nitrogen and oxygen atoms in total. The third-order valence-electron chi connectivity index (χ3n) is 4.89. The average Bonchev–Trinajstić information content (AvgIpc) is 3.43. The van der Waals surface area contributed by atoms with Crippen LogP contribution in [0.1, 0.15) is 25.6 Å². The second-order valence-corrected chi connectivity index (χ2v) is 8.86. The van der Waals surface area contributed by atoms with Gasteiger partial charge in [-0.1, -0.05) is 18.2 Å². The maximum atomic E-state index is 14.6. The Morgan fingerprint density at radius 3 is 2.43 bits per heavy atom. The second-order valence-electron chi connectivity index (χ2n) is 7.07. The maximum absolute atomic E-state index is 14.6. The molecule has 0 fully saturated rings. The highest BCUT2D eigenvalue weighted by Crippen LogP contribution is 2.35. The van der Waals surface area contributed by atoms with Crippen LogP contribution in [0.15, 0.2) is 47.2 Å². The lowest BCUT2D eigenvalue weighted by Gasteiger charge is -2.14. The molecule has 0 aliphatic rings. The Labute approximate surface area is 205 Å². The lowest BCUT2D eigenvalue weighted by atomic mass is 10.2. The number of carboxylic acids is 2. The molecule has 0 radical (unpaired) electrons. The number of nitrogens with one attached hydrogen (secondary N) is 2. The molecule has 0 saturated heterocycles. The summed E-state index contributed by atoms with van der Waals surface area (Å²) in [6.07, 6.45) is 0. The number of amides is 2. The summed E-state index contributed by atoms with van der Waals surface area (Å²) < 4.78 is 26.8. The highest BCUT2D eigenvalue weighted by Gasteiger charge is 2.24. The standard InChI is InChI=1S/C23H17FN2O7S2/c1-32-16-6-13(24)14(7-17(16)33-8-11-9-34-18-5-3-2-4-12(11)18)25-23(31)26-15-10-35-20(22(29)30)19(15)21(27)28/h2-7,9-10H,8H2,1H3,(H,27,28)(H,29,30)(H2,25,26,31). The van der Waals surface area contributed by atoms with Gasteiger partial charge in [0.1, 0.15) is 17.0 Å². The van der Waals surface area contributed by atoms with E-state index >= 15 is 0 Å². The summed E-state index contributed by atoms with van der Waals surface area (Å²) >= 11 is 2.21. The van der Waals surface area contributed by atoms with E-state index < -0.39 is 34.2 Å². The number of anilines is 2. The number of hydrogen-bond donors (Lipinski definition) is 4. The molecule has 4 N–H and O–H groups in total. The van der Waals surface area contributed by atoms with Gasteiger partial charge >= 0.3 is 18.0 Å². The number of carbonyl (C=O) groups excluding carboxylic acids is 1. The summed E-state index contributed by atoms with van der Waals surface area (Å²) in [6.45, 7) is 0.173. The number of rotatable bonds is 8. The normalized spacial score (nSPS) is 10.7. The van der Waals surface area contributed by atoms with E-state index in [-0.39, 0.29) is 29.5 Å². The molecule has 0 aliphatic heterocycles. The van der Waals surface area contributed by atoms with E-state index in [2.05, 4.69) is 10.6 Å². The van der Waals surface area contributed by atoms with Gasteiger partial charge in [-0.25, -0.2) is 18.8 Å². The second kappa shape index (κ2) is 9.99. The molecule has 4 aromatic rings. The zero-order valence-corrected chi connectivity index (χ0v) is 19.6. The number of urea groups is 1. The van der Waals surface area contributed by atoms with E-state index in [1.165, 1.54) is 18.6 Å². The summed E-state index contributed by atoms with van der Waals surface area (Å²) in [5.41, 5.74) is -0.122. The third kappa shape index (κ3) is 5.03. The highest BCUT2D eigenvalue weighted by molar-refractivity contribution is 7.17. The number of methoxy groups -OCH3 is 1. The number of carboxylic acid groups (broad SMARTS) is 2. The SMILES string of the molecule is COc1cc(F)c(NC(=O)Nc2csc(C(=O)O)c2C(=O)O)cc1OCc1csc2ccccc12. The minimum Gasteiger partial charge on any atom is -0.493 e. The first-order valence-electron chi connectivity index (χ1n) is 9.90. The number of aromatic carboxylic acids is 2. The minimum atomic E-state index is -1.52. The van der Waals surface area contributed by atoms with E-state index in [0.717, 1.165) is 21.7 Å². The Morgan fingerprint density at radius 1 is 0.971 bits per heavy atom. The summed E-state index contributed by atoms with van der Waals surface area (Å²) in [5.74, 6) is -3.49. The fourth-order valence-electron chi connectivity index (χ4n) is 3.30. The van der Waals surface area contributed by atoms with Crippen molar-refractivity contribution in [1.82, 2.24) is 0 Å². The Balaban J connectivity index is 1.53. The van der Waals surface area contributed by atoms with Crippen LogP contribution in [0.2, 0.25) is 0 Å². The largest absolute Gasteiger partial charge is 0.493 e. The van der Waals surface area contributed by atoms with Crippen molar-refractivity contribution in [3.05, 3.63) is 69.0 Å². The maximum Gasteiger partial charge on any atom is 0.346 e. The van der Waals surface area contributed by atoms with Gasteiger partial charge in [-0.15, -0.1) is 22.7 Å². The van der Waals surface area contributed by atoms with Crippen LogP contribution in [0, 0.1) is 5.82 Å². The number of hydrogen-bond acceptors (Lipinski definition) is 7. The first kappa shape index (κ1) is 24.0. The lowest BCUT2D eigenvalue weighted by molar-refractivity contribution is 0.0657. The molecular formula is C23H17FN2O7S2. The van der Waals surface area contributed by atoms with E-state index in [1.807, 2.05) is 29.6 Å². The quantitative estimate of drug-likeness (QED) is 0.235. The van der Waals surface area contributed by atoms with Crippen LogP contribution in [0.3, 0.4) is 0 Å². The Kier molecular flexibility index (Phi) is 6.85. The highest BCUT2D eigenvalue weighted by atomic mass is 32.1. The molecule has 0 bridgehead atoms. The fourth-order valence-corrected chi connectivity index (χ4v) is 5.07. The van der Waals surface area contributed by atoms with Crippen molar-refractivity contribution in [3.63, 3.8) is 0 Å². The van der Waals surface area contributed by atoms with Gasteiger partial charge in [0.25, 0.3) is 0 Å². The molecule has 0 saturated carbocycles. The molecule has 180 valence electrons. The van der Waals surface area contributed by atoms with Gasteiger partial charge in [-0.3, -0.25) is 0 Å². The van der Waals surface area contributed by atoms with Crippen molar-refractivity contribution in [1.29, 1.82) is 0 Å². The molecule has 2 aromatic carbocycles. The number of ether oxygens (including phenoxy) is 2. The van der Waals surface area contributed by atoms with Crippen molar-refractivity contribution in [2.24, 2.45) is 0 Å². The topological polar surface area (TPSA) is 134 Å². The van der Waals surface area contributed by atoms with Crippen molar-refractivity contribution in [2.75, 3.05) is 17.7 Å². The van der Waals surface area contributed by atoms with Crippen LogP contribution in [-0.2, 0) is 6.61 Å². The fraction of sp³-hybridized carbons (Fsp3) is 0.0870. The monoisotopic (exact) mass is 516 g/mol. The minimum absolute atomic E-state index is 0.116. The molecule has 35 heavy (non-hydrogen) atoms. The van der Waals surface area contributed by atoms with Crippen LogP contribution < -0.4 is 20.1 Å². The van der Waals surface area contributed by atoms with Gasteiger partial charge in [-0.2, -0.15) is 0 Å². The first-order valence-corrected chi connectivity index (χ1v) is 11.7. The summed E-state index contributed by atoms with van der Waals surface area (Å²) in [6, 6.07) is 9.14. The number of halogens is 1. The molecular weight excluding hydrogens is 499 g/mol. The summed E-state index contributed by atoms with van der Waals surface area (Å²) in [7, 11) is 1.35. The van der Waals surface area contributed by atoms with Crippen LogP contribution in [0.5, 0.6) is 11.5 Å². The molecule has 2 amide bonds. The van der Waals surface area contributed by atoms with Gasteiger partial charge in [-0.05, 0) is 16.8 Å². The lowest BCUT2D eigenvalue weighted by Crippen LogP contribution is -2.21. The molecule has 0 aliphatic carbocycles. The van der Waals surface area contributed by atoms with Gasteiger partial charge < -0.3 is 30.3 Å². The van der Waals surface area contributed by atoms with Crippen molar-refractivity contribution < 1.29 is 38.5 Å². The van der Waals surface area contributed by atoms with Crippen molar-refractivity contribution in [2.45, 2.75) is 6.61 Å². The van der Waals surface area contributed by atoms with Gasteiger partial charge in [0.15, 0.2) is 17.3 Å². The molecule has 12 heteroatoms. The van der Waals surface area contributed by atoms with Gasteiger partial charge in [0.05, 0.1) is 18.5 Å². The summed E-state index contributed by atoms with van der Waals surface area (Å²) in [5, 5.41) is 27.1. The van der Waals surface area contributed by atoms with Gasteiger partial charge in [0, 0.05) is 27.8 Å². The molecule has 0 atom stereocenters. The zero-order valence-electron chi connectivity index (χ0n) is 18.0. The summed E-state index contributed by atoms with van der Waals surface area (Å²) in [4.78, 5) is 34.7. The molecule has 0 unspecified atom stereocenters. The predicted octanol–water partition coefficient (Wildman–Crippen LogP) is 5.73. The third-order valence-corrected chi connectivity index (χ3v) is 6.87. The van der Waals surface area contributed by atoms with Crippen LogP contribution >= 0.6 is 22.7 Å². The number of thiophene rings is 2. The Morgan fingerprint density at radius 2 is 1.71 bits per heavy atom. The predicted molar refractivity (Wildman–Crippen MR) is 130 cm³/mol. The Bertz CT molecular complexity index is 1450. The number of benzene rings is 2. The van der Waals surface area contributed by atoms with E-state index in [4.69, 9.17) is 14.6 Å². The van der Waals surface area contributed by atoms with Crippen molar-refractivity contribution >= 4 is 62.1 Å². The van der Waals surface area contributed by atoms with Crippen molar-refractivity contribution in [3.8, 4) is 11.5 Å². The molecule has 2 heterocycles. The van der Waals surface area contributed by atoms with Crippen LogP contribution in [0.25, 0.3) is 10.1 Å². The average molecular weight is 517 g/mol. The van der Waals surface area contributed by atoms with Crippen LogP contribution in [-0.4, -0.2) is 35.3 Å². The number of carbonyl (C=O) groups is 3. The zero-order chi connectivity index (χ0) is 25.1. The molecule has 2 aromatic heterocycles. The Hall–Kier alpha value is -4.16. The first-order chi connectivity index (χ1) is 16.8. The molecule has 0 spiro atoms. The van der Waals surface area contributed by atoms with Gasteiger partial charge in [0.2, 0.25) is 0 Å². The smallest absolute Gasteiger partial charge is 0.346 e. The molecule has 4 rings (SSSR count).